The molecule has 0 saturated carbocycles. The van der Waals surface area contributed by atoms with Crippen molar-refractivity contribution in [3.8, 4) is 0 Å². The van der Waals surface area contributed by atoms with Gasteiger partial charge < -0.3 is 19.6 Å². The molecule has 0 aliphatic heterocycles. The van der Waals surface area contributed by atoms with Crippen molar-refractivity contribution >= 4 is 45.5 Å². The Kier molecular flexibility index (Phi) is 17.5. The van der Waals surface area contributed by atoms with Crippen LogP contribution in [0.5, 0.6) is 0 Å². The average molecular weight is 622 g/mol. The van der Waals surface area contributed by atoms with Crippen molar-refractivity contribution in [2.24, 2.45) is 9.98 Å². The third-order valence-corrected chi connectivity index (χ3v) is 8.21. The third kappa shape index (κ3) is 10.9. The summed E-state index contributed by atoms with van der Waals surface area (Å²) in [6.45, 7) is 17.0. The normalized spacial score (nSPS) is 11.8. The molecule has 0 N–H and O–H groups in total. The first-order valence-corrected chi connectivity index (χ1v) is 16.0. The van der Waals surface area contributed by atoms with E-state index in [-0.39, 0.29) is 16.5 Å². The fourth-order valence-electron chi connectivity index (χ4n) is 4.91. The number of aliphatic imine (C=N–C) groups is 2. The van der Waals surface area contributed by atoms with E-state index in [0.717, 1.165) is 61.8 Å². The van der Waals surface area contributed by atoms with Crippen LogP contribution >= 0.6 is 0 Å². The Balaban J connectivity index is 0.00000882. The number of hydrogen-bond acceptors (Lipinski definition) is 6. The van der Waals surface area contributed by atoms with Crippen LogP contribution in [-0.2, 0) is 16.5 Å². The SMILES string of the molecule is CCCCCCCCC(=N\c1ccc(N(C)CC)c(N(C)CC)c1)/C(C)=N/c1ccc(N(C)CC)c(N(C)CC)c1.[Ni]. The van der Waals surface area contributed by atoms with Gasteiger partial charge in [-0.15, -0.1) is 0 Å². The van der Waals surface area contributed by atoms with Gasteiger partial charge in [0.25, 0.3) is 0 Å². The predicted molar refractivity (Wildman–Crippen MR) is 187 cm³/mol. The van der Waals surface area contributed by atoms with Crippen molar-refractivity contribution in [2.75, 3.05) is 74.0 Å². The molecular formula is C35H58N6Ni. The zero-order valence-electron chi connectivity index (χ0n) is 28.2. The molecule has 0 unspecified atom stereocenters. The minimum absolute atomic E-state index is 0. The summed E-state index contributed by atoms with van der Waals surface area (Å²) in [5, 5.41) is 0. The van der Waals surface area contributed by atoms with Gasteiger partial charge in [-0.3, -0.25) is 9.98 Å². The van der Waals surface area contributed by atoms with Crippen molar-refractivity contribution in [3.63, 3.8) is 0 Å². The molecule has 0 amide bonds. The summed E-state index contributed by atoms with van der Waals surface area (Å²) in [6.07, 6.45) is 8.53. The number of benzene rings is 2. The molecule has 0 spiro atoms. The summed E-state index contributed by atoms with van der Waals surface area (Å²) in [6, 6.07) is 13.2. The number of rotatable bonds is 18. The van der Waals surface area contributed by atoms with Gasteiger partial charge in [-0.1, -0.05) is 39.0 Å². The van der Waals surface area contributed by atoms with E-state index in [2.05, 4.69) is 126 Å². The molecule has 7 heteroatoms. The van der Waals surface area contributed by atoms with Crippen molar-refractivity contribution in [1.82, 2.24) is 0 Å². The minimum atomic E-state index is 0. The summed E-state index contributed by atoms with van der Waals surface area (Å²) in [4.78, 5) is 19.6. The Labute approximate surface area is 268 Å². The quantitative estimate of drug-likeness (QED) is 0.0946. The zero-order valence-corrected chi connectivity index (χ0v) is 29.2. The summed E-state index contributed by atoms with van der Waals surface area (Å²) in [5.41, 5.74) is 8.96. The van der Waals surface area contributed by atoms with Crippen molar-refractivity contribution < 1.29 is 16.5 Å². The molecule has 0 heterocycles. The van der Waals surface area contributed by atoms with Crippen molar-refractivity contribution in [2.45, 2.75) is 86.5 Å². The molecule has 0 aromatic heterocycles. The van der Waals surface area contributed by atoms with Crippen LogP contribution in [0.3, 0.4) is 0 Å². The van der Waals surface area contributed by atoms with E-state index >= 15 is 0 Å². The molecule has 42 heavy (non-hydrogen) atoms. The smallest absolute Gasteiger partial charge is 0.0655 e. The van der Waals surface area contributed by atoms with E-state index < -0.39 is 0 Å². The van der Waals surface area contributed by atoms with Gasteiger partial charge in [-0.25, -0.2) is 0 Å². The summed E-state index contributed by atoms with van der Waals surface area (Å²) >= 11 is 0. The Morgan fingerprint density at radius 3 is 1.40 bits per heavy atom. The molecule has 0 atom stereocenters. The van der Waals surface area contributed by atoms with Crippen molar-refractivity contribution in [3.05, 3.63) is 36.4 Å². The molecule has 2 aromatic rings. The fourth-order valence-corrected chi connectivity index (χ4v) is 4.91. The van der Waals surface area contributed by atoms with E-state index in [1.807, 2.05) is 0 Å². The van der Waals surface area contributed by atoms with Gasteiger partial charge in [0.15, 0.2) is 0 Å². The Bertz CT molecular complexity index is 1130. The minimum Gasteiger partial charge on any atom is -0.373 e. The van der Waals surface area contributed by atoms with Gasteiger partial charge >= 0.3 is 0 Å². The van der Waals surface area contributed by atoms with E-state index in [1.165, 1.54) is 54.9 Å². The number of nitrogens with zero attached hydrogens (tertiary/aromatic N) is 6. The fraction of sp³-hybridized carbons (Fsp3) is 0.600. The van der Waals surface area contributed by atoms with Crippen LogP contribution in [0.2, 0.25) is 0 Å². The second-order valence-corrected chi connectivity index (χ2v) is 11.2. The molecule has 238 valence electrons. The number of unbranched alkanes of at least 4 members (excludes halogenated alkanes) is 5. The van der Waals surface area contributed by atoms with Crippen LogP contribution < -0.4 is 19.6 Å². The van der Waals surface area contributed by atoms with Crippen LogP contribution in [0.4, 0.5) is 34.1 Å². The van der Waals surface area contributed by atoms with Crippen LogP contribution in [0.1, 0.15) is 86.5 Å². The molecule has 0 radical (unpaired) electrons. The maximum atomic E-state index is 5.25. The van der Waals surface area contributed by atoms with E-state index in [0.29, 0.717) is 0 Å². The maximum absolute atomic E-state index is 5.25. The van der Waals surface area contributed by atoms with Gasteiger partial charge in [-0.2, -0.15) is 0 Å². The summed E-state index contributed by atoms with van der Waals surface area (Å²) in [7, 11) is 8.61. The molecule has 0 aliphatic rings. The van der Waals surface area contributed by atoms with Crippen LogP contribution in [0, 0.1) is 0 Å². The largest absolute Gasteiger partial charge is 0.373 e. The topological polar surface area (TPSA) is 37.7 Å². The second-order valence-electron chi connectivity index (χ2n) is 11.2. The van der Waals surface area contributed by atoms with Gasteiger partial charge in [0.2, 0.25) is 0 Å². The van der Waals surface area contributed by atoms with E-state index in [9.17, 15) is 0 Å². The van der Waals surface area contributed by atoms with E-state index in [1.54, 1.807) is 0 Å². The standard InChI is InChI=1S/C35H58N6.Ni/c1-11-16-17-18-19-20-21-31(37-30-23-25-33(39(8)13-3)35(27-30)41(10)15-5)28(6)36-29-22-24-32(38(7)12-2)34(26-29)40(9)14-4;/h22-27H,11-21H2,1-10H3;/b36-28+,37-31+;. The van der Waals surface area contributed by atoms with E-state index in [4.69, 9.17) is 9.98 Å². The zero-order chi connectivity index (χ0) is 30.4. The molecule has 0 saturated heterocycles. The first-order chi connectivity index (χ1) is 19.7. The van der Waals surface area contributed by atoms with Crippen LogP contribution in [0.25, 0.3) is 0 Å². The first kappa shape index (κ1) is 37.5. The molecule has 0 bridgehead atoms. The Morgan fingerprint density at radius 1 is 0.548 bits per heavy atom. The van der Waals surface area contributed by atoms with Crippen LogP contribution in [-0.4, -0.2) is 65.8 Å². The maximum Gasteiger partial charge on any atom is 0.0655 e. The molecule has 0 aliphatic carbocycles. The number of hydrogen-bond donors (Lipinski definition) is 0. The predicted octanol–water partition coefficient (Wildman–Crippen LogP) is 9.12. The van der Waals surface area contributed by atoms with Gasteiger partial charge in [0.05, 0.1) is 45.5 Å². The second kappa shape index (κ2) is 19.6. The first-order valence-electron chi connectivity index (χ1n) is 16.0. The van der Waals surface area contributed by atoms with Gasteiger partial charge in [-0.05, 0) is 83.9 Å². The summed E-state index contributed by atoms with van der Waals surface area (Å²) < 4.78 is 0. The molecule has 2 rings (SSSR count). The Morgan fingerprint density at radius 2 is 0.952 bits per heavy atom. The monoisotopic (exact) mass is 620 g/mol. The van der Waals surface area contributed by atoms with Gasteiger partial charge in [0, 0.05) is 70.9 Å². The molecule has 0 fully saturated rings. The van der Waals surface area contributed by atoms with Crippen molar-refractivity contribution in [1.29, 1.82) is 0 Å². The molecular weight excluding hydrogens is 563 g/mol. The van der Waals surface area contributed by atoms with Gasteiger partial charge in [0.1, 0.15) is 0 Å². The summed E-state index contributed by atoms with van der Waals surface area (Å²) in [5.74, 6) is 0. The Hall–Kier alpha value is -2.53. The van der Waals surface area contributed by atoms with Crippen LogP contribution in [0.15, 0.2) is 46.4 Å². The number of anilines is 4. The average Bonchev–Trinajstić information content (AvgIpc) is 3.00. The molecule has 6 nitrogen and oxygen atoms in total. The third-order valence-electron chi connectivity index (χ3n) is 8.21. The molecule has 2 aromatic carbocycles.